The largest absolute Gasteiger partial charge is 0.379 e. The zero-order chi connectivity index (χ0) is 15.2. The van der Waals surface area contributed by atoms with Gasteiger partial charge in [-0.2, -0.15) is 0 Å². The number of nitrogens with zero attached hydrogens (tertiary/aromatic N) is 1. The third kappa shape index (κ3) is 2.12. The van der Waals surface area contributed by atoms with Crippen LogP contribution in [0.2, 0.25) is 0 Å². The Morgan fingerprint density at radius 3 is 3.14 bits per heavy atom. The first-order chi connectivity index (χ1) is 10.7. The van der Waals surface area contributed by atoms with Crippen molar-refractivity contribution in [2.75, 3.05) is 26.8 Å². The van der Waals surface area contributed by atoms with Crippen molar-refractivity contribution in [2.45, 2.75) is 24.5 Å². The summed E-state index contributed by atoms with van der Waals surface area (Å²) in [7, 11) is 1.72. The molecule has 0 saturated carbocycles. The van der Waals surface area contributed by atoms with Crippen LogP contribution >= 0.6 is 0 Å². The number of aromatic amines is 1. The minimum absolute atomic E-state index is 0.0822. The van der Waals surface area contributed by atoms with Gasteiger partial charge in [0.1, 0.15) is 0 Å². The second kappa shape index (κ2) is 5.11. The maximum atomic E-state index is 12.8. The highest BCUT2D eigenvalue weighted by Crippen LogP contribution is 2.36. The van der Waals surface area contributed by atoms with E-state index in [1.165, 1.54) is 0 Å². The Labute approximate surface area is 129 Å². The highest BCUT2D eigenvalue weighted by Gasteiger charge is 2.47. The van der Waals surface area contributed by atoms with E-state index in [0.29, 0.717) is 13.2 Å². The van der Waals surface area contributed by atoms with Gasteiger partial charge in [0.15, 0.2) is 0 Å². The Balaban J connectivity index is 1.55. The molecular weight excluding hydrogens is 280 g/mol. The Bertz CT molecular complexity index is 711. The molecule has 0 unspecified atom stereocenters. The van der Waals surface area contributed by atoms with Crippen LogP contribution in [0, 0.1) is 0 Å². The quantitative estimate of drug-likeness (QED) is 0.925. The number of H-pyrrole nitrogens is 1. The number of methoxy groups -OCH3 is 1. The minimum atomic E-state index is -0.206. The van der Waals surface area contributed by atoms with E-state index in [1.807, 2.05) is 35.4 Å². The number of carbonyl (C=O) groups excluding carboxylic acids is 1. The van der Waals surface area contributed by atoms with Crippen molar-refractivity contribution in [2.24, 2.45) is 0 Å². The van der Waals surface area contributed by atoms with Crippen LogP contribution in [0.3, 0.4) is 0 Å². The zero-order valence-corrected chi connectivity index (χ0v) is 12.7. The van der Waals surface area contributed by atoms with E-state index < -0.39 is 0 Å². The second-order valence-electron chi connectivity index (χ2n) is 6.28. The van der Waals surface area contributed by atoms with Crippen LogP contribution in [0.5, 0.6) is 0 Å². The monoisotopic (exact) mass is 300 g/mol. The molecule has 2 fully saturated rings. The van der Waals surface area contributed by atoms with Crippen molar-refractivity contribution >= 4 is 16.8 Å². The molecule has 1 spiro atoms. The van der Waals surface area contributed by atoms with Gasteiger partial charge in [-0.3, -0.25) is 4.79 Å². The van der Waals surface area contributed by atoms with Gasteiger partial charge in [-0.15, -0.1) is 0 Å². The first-order valence-electron chi connectivity index (χ1n) is 7.73. The number of ether oxygens (including phenoxy) is 2. The molecule has 0 radical (unpaired) electrons. The zero-order valence-electron chi connectivity index (χ0n) is 12.7. The summed E-state index contributed by atoms with van der Waals surface area (Å²) >= 11 is 0. The smallest absolute Gasteiger partial charge is 0.256 e. The van der Waals surface area contributed by atoms with E-state index in [9.17, 15) is 4.79 Å². The van der Waals surface area contributed by atoms with Crippen molar-refractivity contribution in [1.29, 1.82) is 0 Å². The summed E-state index contributed by atoms with van der Waals surface area (Å²) in [6.45, 7) is 2.03. The summed E-state index contributed by atoms with van der Waals surface area (Å²) in [5.74, 6) is 0.0822. The molecular formula is C17H20N2O3. The molecule has 2 aliphatic heterocycles. The summed E-state index contributed by atoms with van der Waals surface area (Å²) in [4.78, 5) is 17.9. The van der Waals surface area contributed by atoms with Crippen LogP contribution in [-0.2, 0) is 9.47 Å². The summed E-state index contributed by atoms with van der Waals surface area (Å²) in [5.41, 5.74) is 1.54. The molecule has 116 valence electrons. The van der Waals surface area contributed by atoms with Crippen LogP contribution in [-0.4, -0.2) is 54.3 Å². The van der Waals surface area contributed by atoms with E-state index >= 15 is 0 Å². The van der Waals surface area contributed by atoms with Gasteiger partial charge in [-0.1, -0.05) is 18.2 Å². The molecule has 1 N–H and O–H groups in total. The average molecular weight is 300 g/mol. The number of carbonyl (C=O) groups is 1. The summed E-state index contributed by atoms with van der Waals surface area (Å²) < 4.78 is 11.4. The molecule has 5 heteroatoms. The van der Waals surface area contributed by atoms with Crippen molar-refractivity contribution < 1.29 is 14.3 Å². The molecule has 2 aromatic rings. The maximum absolute atomic E-state index is 12.8. The van der Waals surface area contributed by atoms with E-state index in [0.717, 1.165) is 35.9 Å². The molecule has 0 bridgehead atoms. The molecule has 2 atom stereocenters. The van der Waals surface area contributed by atoms with Crippen LogP contribution in [0.1, 0.15) is 23.2 Å². The van der Waals surface area contributed by atoms with Gasteiger partial charge < -0.3 is 19.4 Å². The molecule has 1 amide bonds. The molecule has 2 aliphatic rings. The van der Waals surface area contributed by atoms with E-state index in [2.05, 4.69) is 4.98 Å². The van der Waals surface area contributed by atoms with Crippen LogP contribution in [0.15, 0.2) is 30.5 Å². The number of rotatable bonds is 2. The van der Waals surface area contributed by atoms with Gasteiger partial charge in [0.05, 0.1) is 30.4 Å². The van der Waals surface area contributed by atoms with Crippen molar-refractivity contribution in [3.8, 4) is 0 Å². The fraction of sp³-hybridized carbons (Fsp3) is 0.471. The predicted octanol–water partition coefficient (Wildman–Crippen LogP) is 2.19. The lowest BCUT2D eigenvalue weighted by Crippen LogP contribution is -2.36. The van der Waals surface area contributed by atoms with Crippen molar-refractivity contribution in [3.63, 3.8) is 0 Å². The van der Waals surface area contributed by atoms with Crippen molar-refractivity contribution in [1.82, 2.24) is 9.88 Å². The highest BCUT2D eigenvalue weighted by atomic mass is 16.6. The lowest BCUT2D eigenvalue weighted by Gasteiger charge is -2.23. The first kappa shape index (κ1) is 13.8. The Kier molecular flexibility index (Phi) is 3.20. The van der Waals surface area contributed by atoms with Crippen LogP contribution in [0.4, 0.5) is 0 Å². The topological polar surface area (TPSA) is 54.6 Å². The van der Waals surface area contributed by atoms with E-state index in [-0.39, 0.29) is 17.6 Å². The van der Waals surface area contributed by atoms with Gasteiger partial charge in [0, 0.05) is 37.2 Å². The molecule has 5 nitrogen and oxygen atoms in total. The predicted molar refractivity (Wildman–Crippen MR) is 82.9 cm³/mol. The maximum Gasteiger partial charge on any atom is 0.256 e. The summed E-state index contributed by atoms with van der Waals surface area (Å²) in [6.07, 6.45) is 3.73. The average Bonchev–Trinajstić information content (AvgIpc) is 3.26. The lowest BCUT2D eigenvalue weighted by atomic mass is 9.98. The number of hydrogen-bond donors (Lipinski definition) is 1. The van der Waals surface area contributed by atoms with Gasteiger partial charge in [-0.05, 0) is 12.5 Å². The number of likely N-dealkylation sites (tertiary alicyclic amines) is 1. The third-order valence-corrected chi connectivity index (χ3v) is 4.93. The molecule has 3 heterocycles. The third-order valence-electron chi connectivity index (χ3n) is 4.93. The lowest BCUT2D eigenvalue weighted by molar-refractivity contribution is 0.00704. The highest BCUT2D eigenvalue weighted by molar-refractivity contribution is 6.06. The summed E-state index contributed by atoms with van der Waals surface area (Å²) in [6, 6.07) is 7.90. The minimum Gasteiger partial charge on any atom is -0.379 e. The van der Waals surface area contributed by atoms with Crippen molar-refractivity contribution in [3.05, 3.63) is 36.0 Å². The van der Waals surface area contributed by atoms with E-state index in [4.69, 9.17) is 9.47 Å². The standard InChI is InChI=1S/C17H20N2O3/c1-21-12-8-17(22-10-12)6-7-19(11-17)16(20)14-9-18-15-5-3-2-4-13(14)15/h2-5,9,12,18H,6-8,10-11H2,1H3/t12-,17+/m0/s1. The Morgan fingerprint density at radius 1 is 1.45 bits per heavy atom. The van der Waals surface area contributed by atoms with Crippen LogP contribution < -0.4 is 0 Å². The molecule has 1 aromatic heterocycles. The number of para-hydroxylation sites is 1. The Morgan fingerprint density at radius 2 is 2.32 bits per heavy atom. The summed E-state index contributed by atoms with van der Waals surface area (Å²) in [5, 5.41) is 0.982. The van der Waals surface area contributed by atoms with Gasteiger partial charge in [-0.25, -0.2) is 0 Å². The SMILES string of the molecule is CO[C@@H]1CO[C@]2(CCN(C(=O)c3c[nH]c4ccccc34)C2)C1. The molecule has 22 heavy (non-hydrogen) atoms. The van der Waals surface area contributed by atoms with Gasteiger partial charge in [0.25, 0.3) is 5.91 Å². The molecule has 0 aliphatic carbocycles. The normalized spacial score (nSPS) is 28.0. The van der Waals surface area contributed by atoms with E-state index in [1.54, 1.807) is 7.11 Å². The fourth-order valence-electron chi connectivity index (χ4n) is 3.68. The molecule has 2 saturated heterocycles. The number of nitrogens with one attached hydrogen (secondary N) is 1. The van der Waals surface area contributed by atoms with Gasteiger partial charge >= 0.3 is 0 Å². The number of fused-ring (bicyclic) bond motifs is 1. The second-order valence-corrected chi connectivity index (χ2v) is 6.28. The molecule has 1 aromatic carbocycles. The fourth-order valence-corrected chi connectivity index (χ4v) is 3.68. The van der Waals surface area contributed by atoms with Gasteiger partial charge in [0.2, 0.25) is 0 Å². The Hall–Kier alpha value is -1.85. The number of amides is 1. The molecule has 4 rings (SSSR count). The number of aromatic nitrogens is 1. The number of hydrogen-bond acceptors (Lipinski definition) is 3. The van der Waals surface area contributed by atoms with Crippen LogP contribution in [0.25, 0.3) is 10.9 Å². The first-order valence-corrected chi connectivity index (χ1v) is 7.73. The number of benzene rings is 1.